The summed E-state index contributed by atoms with van der Waals surface area (Å²) in [4.78, 5) is 32.7. The third-order valence-corrected chi connectivity index (χ3v) is 5.53. The van der Waals surface area contributed by atoms with Crippen molar-refractivity contribution >= 4 is 33.4 Å². The summed E-state index contributed by atoms with van der Waals surface area (Å²) in [7, 11) is 0. The topological polar surface area (TPSA) is 75.9 Å². The zero-order valence-corrected chi connectivity index (χ0v) is 13.1. The van der Waals surface area contributed by atoms with Crippen LogP contribution in [0.4, 0.5) is 4.79 Å². The van der Waals surface area contributed by atoms with E-state index in [9.17, 15) is 9.59 Å². The Morgan fingerprint density at radius 3 is 3.00 bits per heavy atom. The number of primary amides is 1. The minimum atomic E-state index is -0.748. The molecule has 2 atom stereocenters. The maximum absolute atomic E-state index is 12.6. The average molecular weight is 329 g/mol. The molecule has 2 aliphatic heterocycles. The number of carbonyl (C=O) groups is 2. The molecule has 0 saturated carbocycles. The lowest BCUT2D eigenvalue weighted by atomic mass is 9.95. The maximum atomic E-state index is 12.6. The van der Waals surface area contributed by atoms with Gasteiger partial charge in [0.25, 0.3) is 0 Å². The first-order chi connectivity index (χ1) is 11.1. The molecule has 1 aromatic heterocycles. The van der Waals surface area contributed by atoms with Crippen LogP contribution in [0.1, 0.15) is 22.5 Å². The van der Waals surface area contributed by atoms with E-state index in [1.807, 2.05) is 24.3 Å². The van der Waals surface area contributed by atoms with Crippen molar-refractivity contribution in [3.63, 3.8) is 0 Å². The monoisotopic (exact) mass is 329 g/mol. The third-order valence-electron chi connectivity index (χ3n) is 4.24. The first-order valence-corrected chi connectivity index (χ1v) is 8.09. The number of urea groups is 1. The van der Waals surface area contributed by atoms with Gasteiger partial charge in [0.15, 0.2) is 0 Å². The quantitative estimate of drug-likeness (QED) is 0.875. The standard InChI is InChI=1S/C16H15N3O3S/c1-2-7-22-19-10-8-18(16(19)21)13(15(17)20)12-9-5-3-4-6-11(9)23-14(10)12/h2-6,10,13H,1,7-8H2,(H2,17,20). The fraction of sp³-hybridized carbons (Fsp3) is 0.250. The summed E-state index contributed by atoms with van der Waals surface area (Å²) in [6.45, 7) is 4.25. The van der Waals surface area contributed by atoms with Crippen molar-refractivity contribution in [3.05, 3.63) is 47.4 Å². The summed E-state index contributed by atoms with van der Waals surface area (Å²) in [6, 6.07) is 6.56. The highest BCUT2D eigenvalue weighted by Gasteiger charge is 2.51. The number of fused-ring (bicyclic) bond motifs is 6. The number of hydrogen-bond donors (Lipinski definition) is 1. The molecule has 2 N–H and O–H groups in total. The Morgan fingerprint density at radius 2 is 2.26 bits per heavy atom. The van der Waals surface area contributed by atoms with E-state index in [0.717, 1.165) is 20.5 Å². The normalized spacial score (nSPS) is 22.5. The van der Waals surface area contributed by atoms with Gasteiger partial charge in [-0.25, -0.2) is 4.79 Å². The Morgan fingerprint density at radius 1 is 1.48 bits per heavy atom. The van der Waals surface area contributed by atoms with E-state index in [-0.39, 0.29) is 18.7 Å². The molecule has 2 unspecified atom stereocenters. The van der Waals surface area contributed by atoms with Crippen LogP contribution in [0.5, 0.6) is 0 Å². The number of benzene rings is 1. The van der Waals surface area contributed by atoms with E-state index >= 15 is 0 Å². The van der Waals surface area contributed by atoms with Crippen molar-refractivity contribution in [3.8, 4) is 0 Å². The number of nitrogens with two attached hydrogens (primary N) is 1. The summed E-state index contributed by atoms with van der Waals surface area (Å²) in [5, 5.41) is 2.32. The summed E-state index contributed by atoms with van der Waals surface area (Å²) in [6.07, 6.45) is 1.59. The molecular formula is C16H15N3O3S. The minimum Gasteiger partial charge on any atom is -0.368 e. The molecule has 1 fully saturated rings. The zero-order chi connectivity index (χ0) is 16.1. The number of carbonyl (C=O) groups excluding carboxylic acids is 2. The average Bonchev–Trinajstić information content (AvgIpc) is 3.05. The van der Waals surface area contributed by atoms with Gasteiger partial charge in [-0.05, 0) is 11.5 Å². The van der Waals surface area contributed by atoms with E-state index in [2.05, 4.69) is 6.58 Å². The second kappa shape index (κ2) is 5.07. The SMILES string of the molecule is C=CCON1C(=O)N2CC1c1sc3ccccc3c1C2C(N)=O. The van der Waals surface area contributed by atoms with Crippen LogP contribution < -0.4 is 5.73 Å². The predicted molar refractivity (Wildman–Crippen MR) is 86.6 cm³/mol. The largest absolute Gasteiger partial charge is 0.368 e. The molecule has 1 saturated heterocycles. The van der Waals surface area contributed by atoms with Gasteiger partial charge in [0.05, 0.1) is 13.2 Å². The Bertz CT molecular complexity index is 831. The third kappa shape index (κ3) is 1.90. The predicted octanol–water partition coefficient (Wildman–Crippen LogP) is 2.34. The molecule has 4 rings (SSSR count). The first-order valence-electron chi connectivity index (χ1n) is 7.27. The summed E-state index contributed by atoms with van der Waals surface area (Å²) >= 11 is 1.59. The van der Waals surface area contributed by atoms with Crippen LogP contribution in [0.15, 0.2) is 36.9 Å². The smallest absolute Gasteiger partial charge is 0.345 e. The number of nitrogens with zero attached hydrogens (tertiary/aromatic N) is 2. The van der Waals surface area contributed by atoms with Gasteiger partial charge >= 0.3 is 6.03 Å². The molecule has 7 heteroatoms. The van der Waals surface area contributed by atoms with Gasteiger partial charge in [-0.1, -0.05) is 24.3 Å². The molecule has 23 heavy (non-hydrogen) atoms. The Labute approximate surface area is 136 Å². The number of amides is 3. The van der Waals surface area contributed by atoms with Crippen LogP contribution >= 0.6 is 11.3 Å². The molecule has 0 radical (unpaired) electrons. The van der Waals surface area contributed by atoms with Crippen molar-refractivity contribution in [2.45, 2.75) is 12.1 Å². The fourth-order valence-corrected chi connectivity index (χ4v) is 4.66. The van der Waals surface area contributed by atoms with Gasteiger partial charge in [-0.15, -0.1) is 17.9 Å². The Kier molecular flexibility index (Phi) is 3.14. The molecule has 0 aliphatic carbocycles. The van der Waals surface area contributed by atoms with Crippen LogP contribution in [-0.4, -0.2) is 35.1 Å². The molecule has 3 amide bonds. The highest BCUT2D eigenvalue weighted by Crippen LogP contribution is 2.50. The van der Waals surface area contributed by atoms with Gasteiger partial charge in [-0.2, -0.15) is 5.06 Å². The lowest BCUT2D eigenvalue weighted by Crippen LogP contribution is -2.41. The number of hydrogen-bond acceptors (Lipinski definition) is 4. The van der Waals surface area contributed by atoms with Crippen molar-refractivity contribution < 1.29 is 14.4 Å². The first kappa shape index (κ1) is 14.2. The van der Waals surface area contributed by atoms with Crippen molar-refractivity contribution in [1.29, 1.82) is 0 Å². The second-order valence-electron chi connectivity index (χ2n) is 5.54. The highest BCUT2D eigenvalue weighted by atomic mass is 32.1. The molecule has 2 aromatic rings. The van der Waals surface area contributed by atoms with E-state index in [0.29, 0.717) is 6.54 Å². The minimum absolute atomic E-state index is 0.217. The van der Waals surface area contributed by atoms with Gasteiger partial charge in [0.2, 0.25) is 5.91 Å². The summed E-state index contributed by atoms with van der Waals surface area (Å²) < 4.78 is 1.08. The van der Waals surface area contributed by atoms with Gasteiger partial charge in [0.1, 0.15) is 12.1 Å². The van der Waals surface area contributed by atoms with E-state index in [1.165, 1.54) is 9.96 Å². The molecule has 2 bridgehead atoms. The van der Waals surface area contributed by atoms with Gasteiger partial charge < -0.3 is 10.6 Å². The molecule has 1 aromatic carbocycles. The number of thiophene rings is 1. The van der Waals surface area contributed by atoms with Crippen molar-refractivity contribution in [1.82, 2.24) is 9.96 Å². The molecular weight excluding hydrogens is 314 g/mol. The van der Waals surface area contributed by atoms with Crippen LogP contribution in [0, 0.1) is 0 Å². The maximum Gasteiger partial charge on any atom is 0.345 e. The Balaban J connectivity index is 1.91. The molecule has 0 spiro atoms. The lowest BCUT2D eigenvalue weighted by molar-refractivity contribution is -0.122. The van der Waals surface area contributed by atoms with Crippen LogP contribution in [0.3, 0.4) is 0 Å². The summed E-state index contributed by atoms with van der Waals surface area (Å²) in [5.74, 6) is -0.521. The van der Waals surface area contributed by atoms with Gasteiger partial charge in [0, 0.05) is 15.1 Å². The van der Waals surface area contributed by atoms with Crippen molar-refractivity contribution in [2.24, 2.45) is 5.73 Å². The number of rotatable bonds is 4. The second-order valence-corrected chi connectivity index (χ2v) is 6.63. The molecule has 2 aliphatic rings. The van der Waals surface area contributed by atoms with Crippen LogP contribution in [0.2, 0.25) is 0 Å². The molecule has 6 nitrogen and oxygen atoms in total. The summed E-state index contributed by atoms with van der Waals surface area (Å²) in [5.41, 5.74) is 6.46. The molecule has 118 valence electrons. The van der Waals surface area contributed by atoms with E-state index < -0.39 is 11.9 Å². The fourth-order valence-electron chi connectivity index (χ4n) is 3.35. The highest BCUT2D eigenvalue weighted by molar-refractivity contribution is 7.19. The van der Waals surface area contributed by atoms with Crippen LogP contribution in [0.25, 0.3) is 10.1 Å². The number of hydroxylamine groups is 2. The zero-order valence-electron chi connectivity index (χ0n) is 12.3. The Hall–Kier alpha value is -2.38. The molecule has 3 heterocycles. The van der Waals surface area contributed by atoms with Crippen molar-refractivity contribution in [2.75, 3.05) is 13.2 Å². The van der Waals surface area contributed by atoms with E-state index in [4.69, 9.17) is 10.6 Å². The van der Waals surface area contributed by atoms with Crippen LogP contribution in [-0.2, 0) is 9.63 Å². The van der Waals surface area contributed by atoms with E-state index in [1.54, 1.807) is 17.4 Å². The van der Waals surface area contributed by atoms with Gasteiger partial charge in [-0.3, -0.25) is 9.63 Å². The lowest BCUT2D eigenvalue weighted by Gasteiger charge is -2.28.